The summed E-state index contributed by atoms with van der Waals surface area (Å²) in [5.74, 6) is 2.11. The van der Waals surface area contributed by atoms with Gasteiger partial charge in [0.05, 0.1) is 14.2 Å². The number of Topliss-reactive ketones (excluding diaryl/α,β-unsaturated/α-hetero) is 1. The van der Waals surface area contributed by atoms with Crippen molar-refractivity contribution in [3.05, 3.63) is 77.4 Å². The van der Waals surface area contributed by atoms with Gasteiger partial charge < -0.3 is 9.47 Å². The number of hydrogen-bond acceptors (Lipinski definition) is 3. The Morgan fingerprint density at radius 3 is 2.31 bits per heavy atom. The first-order chi connectivity index (χ1) is 13.9. The Balaban J connectivity index is 1.77. The minimum absolute atomic E-state index is 0.0929. The molecule has 4 rings (SSSR count). The molecule has 0 saturated heterocycles. The van der Waals surface area contributed by atoms with Gasteiger partial charge in [0, 0.05) is 28.7 Å². The molecule has 0 aliphatic heterocycles. The quantitative estimate of drug-likeness (QED) is 0.648. The van der Waals surface area contributed by atoms with Crippen LogP contribution in [0.3, 0.4) is 0 Å². The summed E-state index contributed by atoms with van der Waals surface area (Å²) in [5.41, 5.74) is 2.84. The van der Waals surface area contributed by atoms with Crippen LogP contribution < -0.4 is 9.47 Å². The number of hydrogen-bond donors (Lipinski definition) is 0. The average Bonchev–Trinajstić information content (AvgIpc) is 2.98. The molecule has 29 heavy (non-hydrogen) atoms. The summed E-state index contributed by atoms with van der Waals surface area (Å²) in [7, 11) is 3.39. The lowest BCUT2D eigenvalue weighted by molar-refractivity contribution is -0.130. The van der Waals surface area contributed by atoms with Crippen LogP contribution in [0, 0.1) is 10.8 Å². The third-order valence-electron chi connectivity index (χ3n) is 6.76. The number of benzene rings is 2. The molecule has 3 unspecified atom stereocenters. The Labute approximate surface area is 173 Å². The van der Waals surface area contributed by atoms with Crippen LogP contribution in [0.25, 0.3) is 6.08 Å². The summed E-state index contributed by atoms with van der Waals surface area (Å²) in [4.78, 5) is 13.1. The molecular formula is C26H28O3. The molecule has 0 N–H and O–H groups in total. The van der Waals surface area contributed by atoms with E-state index in [9.17, 15) is 4.79 Å². The lowest BCUT2D eigenvalue weighted by Gasteiger charge is -2.43. The molecule has 2 aliphatic carbocycles. The summed E-state index contributed by atoms with van der Waals surface area (Å²) in [6.07, 6.45) is 7.83. The van der Waals surface area contributed by atoms with Gasteiger partial charge in [-0.3, -0.25) is 4.79 Å². The number of allylic oxidation sites excluding steroid dienone is 3. The molecule has 0 spiro atoms. The molecule has 0 heterocycles. The molecule has 1 saturated carbocycles. The van der Waals surface area contributed by atoms with E-state index in [0.29, 0.717) is 12.2 Å². The van der Waals surface area contributed by atoms with E-state index >= 15 is 0 Å². The van der Waals surface area contributed by atoms with Crippen LogP contribution >= 0.6 is 0 Å². The van der Waals surface area contributed by atoms with Gasteiger partial charge >= 0.3 is 0 Å². The Morgan fingerprint density at radius 2 is 1.59 bits per heavy atom. The number of methoxy groups -OCH3 is 2. The maximum Gasteiger partial charge on any atom is 0.143 e. The van der Waals surface area contributed by atoms with Gasteiger partial charge in [-0.15, -0.1) is 0 Å². The number of para-hydroxylation sites is 2. The molecule has 3 atom stereocenters. The standard InChI is InChI=1S/C26H28O3/c1-25-16-19(14-13-18-9-5-7-11-22(18)28-3)26(2,17-25)21(15-24(25)27)20-10-6-8-12-23(20)29-4/h5-14,16,21H,15,17H2,1-4H3/b14-13+. The monoisotopic (exact) mass is 388 g/mol. The van der Waals surface area contributed by atoms with Gasteiger partial charge in [0.1, 0.15) is 17.3 Å². The lowest BCUT2D eigenvalue weighted by Crippen LogP contribution is -2.39. The van der Waals surface area contributed by atoms with Crippen molar-refractivity contribution < 1.29 is 14.3 Å². The SMILES string of the molecule is COc1ccccc1/C=C/C1=CC2(C)CC1(C)C(c1ccccc1OC)CC2=O. The van der Waals surface area contributed by atoms with E-state index in [1.54, 1.807) is 14.2 Å². The van der Waals surface area contributed by atoms with Gasteiger partial charge in [0.25, 0.3) is 0 Å². The Bertz CT molecular complexity index is 1000. The maximum absolute atomic E-state index is 13.1. The van der Waals surface area contributed by atoms with Crippen LogP contribution in [-0.2, 0) is 4.79 Å². The molecule has 3 nitrogen and oxygen atoms in total. The van der Waals surface area contributed by atoms with E-state index in [4.69, 9.17) is 9.47 Å². The van der Waals surface area contributed by atoms with E-state index in [-0.39, 0.29) is 11.3 Å². The van der Waals surface area contributed by atoms with Crippen LogP contribution in [0.4, 0.5) is 0 Å². The van der Waals surface area contributed by atoms with Crippen LogP contribution in [-0.4, -0.2) is 20.0 Å². The number of carbonyl (C=O) groups is 1. The fraction of sp³-hybridized carbons (Fsp3) is 0.346. The van der Waals surface area contributed by atoms with Crippen molar-refractivity contribution >= 4 is 11.9 Å². The minimum Gasteiger partial charge on any atom is -0.496 e. The van der Waals surface area contributed by atoms with Crippen molar-refractivity contribution in [3.63, 3.8) is 0 Å². The third kappa shape index (κ3) is 3.19. The van der Waals surface area contributed by atoms with Gasteiger partial charge in [-0.1, -0.05) is 61.5 Å². The Hall–Kier alpha value is -2.81. The van der Waals surface area contributed by atoms with Crippen molar-refractivity contribution in [2.24, 2.45) is 10.8 Å². The van der Waals surface area contributed by atoms with Crippen molar-refractivity contribution in [1.82, 2.24) is 0 Å². The molecule has 1 fully saturated rings. The van der Waals surface area contributed by atoms with E-state index in [0.717, 1.165) is 29.0 Å². The average molecular weight is 389 g/mol. The smallest absolute Gasteiger partial charge is 0.143 e. The Morgan fingerprint density at radius 1 is 0.931 bits per heavy atom. The van der Waals surface area contributed by atoms with Crippen molar-refractivity contribution in [2.45, 2.75) is 32.6 Å². The normalized spacial score (nSPS) is 28.5. The second-order valence-corrected chi connectivity index (χ2v) is 8.61. The highest BCUT2D eigenvalue weighted by atomic mass is 16.5. The van der Waals surface area contributed by atoms with Gasteiger partial charge in [-0.25, -0.2) is 0 Å². The number of ether oxygens (including phenoxy) is 2. The van der Waals surface area contributed by atoms with Crippen LogP contribution in [0.15, 0.2) is 66.3 Å². The molecule has 0 radical (unpaired) electrons. The van der Waals surface area contributed by atoms with Crippen molar-refractivity contribution in [3.8, 4) is 11.5 Å². The maximum atomic E-state index is 13.1. The lowest BCUT2D eigenvalue weighted by atomic mass is 9.59. The number of carbonyl (C=O) groups excluding carboxylic acids is 1. The van der Waals surface area contributed by atoms with E-state index in [1.165, 1.54) is 5.57 Å². The minimum atomic E-state index is -0.395. The van der Waals surface area contributed by atoms with Gasteiger partial charge in [0.15, 0.2) is 0 Å². The Kier molecular flexibility index (Phi) is 4.85. The summed E-state index contributed by atoms with van der Waals surface area (Å²) >= 11 is 0. The molecule has 2 aliphatic rings. The number of fused-ring (bicyclic) bond motifs is 2. The second-order valence-electron chi connectivity index (χ2n) is 8.61. The largest absolute Gasteiger partial charge is 0.496 e. The summed E-state index contributed by atoms with van der Waals surface area (Å²) in [6, 6.07) is 16.1. The molecule has 0 aromatic heterocycles. The van der Waals surface area contributed by atoms with Crippen molar-refractivity contribution in [1.29, 1.82) is 0 Å². The third-order valence-corrected chi connectivity index (χ3v) is 6.76. The second kappa shape index (κ2) is 7.22. The highest BCUT2D eigenvalue weighted by Crippen LogP contribution is 2.62. The topological polar surface area (TPSA) is 35.5 Å². The zero-order valence-electron chi connectivity index (χ0n) is 17.6. The van der Waals surface area contributed by atoms with E-state index in [2.05, 4.69) is 38.1 Å². The molecular weight excluding hydrogens is 360 g/mol. The molecule has 2 aromatic rings. The predicted octanol–water partition coefficient (Wildman–Crippen LogP) is 5.82. The van der Waals surface area contributed by atoms with Crippen LogP contribution in [0.2, 0.25) is 0 Å². The number of ketones is 1. The van der Waals surface area contributed by atoms with Crippen LogP contribution in [0.1, 0.15) is 43.7 Å². The van der Waals surface area contributed by atoms with E-state index in [1.807, 2.05) is 42.5 Å². The van der Waals surface area contributed by atoms with Gasteiger partial charge in [-0.05, 0) is 36.6 Å². The summed E-state index contributed by atoms with van der Waals surface area (Å²) in [5, 5.41) is 0. The predicted molar refractivity (Wildman–Crippen MR) is 116 cm³/mol. The first-order valence-electron chi connectivity index (χ1n) is 10.1. The molecule has 3 heteroatoms. The molecule has 150 valence electrons. The highest BCUT2D eigenvalue weighted by molar-refractivity contribution is 5.90. The van der Waals surface area contributed by atoms with Gasteiger partial charge in [0.2, 0.25) is 0 Å². The zero-order valence-corrected chi connectivity index (χ0v) is 17.6. The first kappa shape index (κ1) is 19.5. The van der Waals surface area contributed by atoms with Crippen LogP contribution in [0.5, 0.6) is 11.5 Å². The van der Waals surface area contributed by atoms with E-state index < -0.39 is 5.41 Å². The first-order valence-corrected chi connectivity index (χ1v) is 10.1. The molecule has 2 bridgehead atoms. The summed E-state index contributed by atoms with van der Waals surface area (Å²) < 4.78 is 11.1. The highest BCUT2D eigenvalue weighted by Gasteiger charge is 2.56. The summed E-state index contributed by atoms with van der Waals surface area (Å²) in [6.45, 7) is 4.37. The molecule has 2 aromatic carbocycles. The van der Waals surface area contributed by atoms with Gasteiger partial charge in [-0.2, -0.15) is 0 Å². The fourth-order valence-corrected chi connectivity index (χ4v) is 5.20. The molecule has 0 amide bonds. The number of rotatable bonds is 5. The van der Waals surface area contributed by atoms with Crippen molar-refractivity contribution in [2.75, 3.05) is 14.2 Å². The zero-order chi connectivity index (χ0) is 20.6. The fourth-order valence-electron chi connectivity index (χ4n) is 5.20.